The van der Waals surface area contributed by atoms with Crippen molar-refractivity contribution in [2.75, 3.05) is 7.05 Å². The van der Waals surface area contributed by atoms with Crippen molar-refractivity contribution in [1.29, 1.82) is 0 Å². The van der Waals surface area contributed by atoms with Crippen LogP contribution in [0.3, 0.4) is 0 Å². The SMILES string of the molecule is CCC(NC)c1nnc(-c2ccc(Cl)s2)o1. The fourth-order valence-electron chi connectivity index (χ4n) is 1.41. The highest BCUT2D eigenvalue weighted by molar-refractivity contribution is 7.19. The quantitative estimate of drug-likeness (QED) is 0.914. The first-order valence-electron chi connectivity index (χ1n) is 5.01. The predicted molar refractivity (Wildman–Crippen MR) is 64.7 cm³/mol. The second-order valence-electron chi connectivity index (χ2n) is 3.30. The maximum Gasteiger partial charge on any atom is 0.257 e. The van der Waals surface area contributed by atoms with Crippen molar-refractivity contribution in [2.45, 2.75) is 19.4 Å². The lowest BCUT2D eigenvalue weighted by molar-refractivity contribution is 0.415. The fourth-order valence-corrected chi connectivity index (χ4v) is 2.37. The lowest BCUT2D eigenvalue weighted by Crippen LogP contribution is -2.15. The van der Waals surface area contributed by atoms with Gasteiger partial charge in [-0.1, -0.05) is 18.5 Å². The molecule has 1 atom stereocenters. The van der Waals surface area contributed by atoms with Gasteiger partial charge in [-0.15, -0.1) is 21.5 Å². The zero-order valence-electron chi connectivity index (χ0n) is 9.03. The van der Waals surface area contributed by atoms with Gasteiger partial charge in [-0.3, -0.25) is 0 Å². The van der Waals surface area contributed by atoms with E-state index >= 15 is 0 Å². The number of nitrogens with one attached hydrogen (secondary N) is 1. The molecule has 0 aliphatic carbocycles. The number of nitrogens with zero attached hydrogens (tertiary/aromatic N) is 2. The first kappa shape index (κ1) is 11.6. The van der Waals surface area contributed by atoms with Crippen LogP contribution in [-0.2, 0) is 0 Å². The molecule has 2 aromatic rings. The molecule has 2 heterocycles. The van der Waals surface area contributed by atoms with Crippen LogP contribution in [0.15, 0.2) is 16.5 Å². The third-order valence-electron chi connectivity index (χ3n) is 2.28. The van der Waals surface area contributed by atoms with Crippen LogP contribution in [0.2, 0.25) is 4.34 Å². The number of hydrogen-bond acceptors (Lipinski definition) is 5. The van der Waals surface area contributed by atoms with Crippen molar-refractivity contribution in [2.24, 2.45) is 0 Å². The Morgan fingerprint density at radius 1 is 1.50 bits per heavy atom. The standard InChI is InChI=1S/C10H12ClN3OS/c1-3-6(12-2)9-13-14-10(15-9)7-4-5-8(11)16-7/h4-6,12H,3H2,1-2H3. The molecule has 0 aromatic carbocycles. The van der Waals surface area contributed by atoms with Crippen molar-refractivity contribution >= 4 is 22.9 Å². The maximum absolute atomic E-state index is 5.85. The number of hydrogen-bond donors (Lipinski definition) is 1. The molecule has 0 spiro atoms. The molecular weight excluding hydrogens is 246 g/mol. The summed E-state index contributed by atoms with van der Waals surface area (Å²) < 4.78 is 6.31. The molecule has 1 unspecified atom stereocenters. The van der Waals surface area contributed by atoms with Crippen LogP contribution in [0.25, 0.3) is 10.8 Å². The minimum Gasteiger partial charge on any atom is -0.418 e. The summed E-state index contributed by atoms with van der Waals surface area (Å²) in [6, 6.07) is 3.81. The molecule has 2 aromatic heterocycles. The van der Waals surface area contributed by atoms with Gasteiger partial charge in [0.1, 0.15) is 0 Å². The monoisotopic (exact) mass is 257 g/mol. The van der Waals surface area contributed by atoms with Crippen molar-refractivity contribution in [3.63, 3.8) is 0 Å². The fraction of sp³-hybridized carbons (Fsp3) is 0.400. The molecule has 0 saturated heterocycles. The Hall–Kier alpha value is -0.910. The average Bonchev–Trinajstić information content (AvgIpc) is 2.89. The zero-order chi connectivity index (χ0) is 11.5. The van der Waals surface area contributed by atoms with Gasteiger partial charge in [0.2, 0.25) is 5.89 Å². The van der Waals surface area contributed by atoms with E-state index in [1.165, 1.54) is 11.3 Å². The highest BCUT2D eigenvalue weighted by Gasteiger charge is 2.16. The van der Waals surface area contributed by atoms with Crippen LogP contribution in [0.1, 0.15) is 25.3 Å². The lowest BCUT2D eigenvalue weighted by Gasteiger charge is -2.06. The second-order valence-corrected chi connectivity index (χ2v) is 5.01. The summed E-state index contributed by atoms with van der Waals surface area (Å²) in [5, 5.41) is 11.2. The van der Waals surface area contributed by atoms with Crippen LogP contribution >= 0.6 is 22.9 Å². The molecule has 0 fully saturated rings. The van der Waals surface area contributed by atoms with Crippen LogP contribution in [0.5, 0.6) is 0 Å². The van der Waals surface area contributed by atoms with Crippen molar-refractivity contribution in [1.82, 2.24) is 15.5 Å². The molecule has 2 rings (SSSR count). The first-order chi connectivity index (χ1) is 7.74. The molecule has 0 saturated carbocycles. The zero-order valence-corrected chi connectivity index (χ0v) is 10.6. The largest absolute Gasteiger partial charge is 0.418 e. The van der Waals surface area contributed by atoms with Crippen molar-refractivity contribution < 1.29 is 4.42 Å². The van der Waals surface area contributed by atoms with E-state index in [2.05, 4.69) is 22.4 Å². The van der Waals surface area contributed by atoms with Crippen LogP contribution < -0.4 is 5.32 Å². The Morgan fingerprint density at radius 3 is 2.88 bits per heavy atom. The Balaban J connectivity index is 2.25. The molecule has 0 aliphatic rings. The van der Waals surface area contributed by atoms with Crippen LogP contribution in [-0.4, -0.2) is 17.2 Å². The number of thiophene rings is 1. The van der Waals surface area contributed by atoms with Gasteiger partial charge in [0.05, 0.1) is 15.3 Å². The molecule has 4 nitrogen and oxygen atoms in total. The minimum absolute atomic E-state index is 0.108. The first-order valence-corrected chi connectivity index (χ1v) is 6.20. The van der Waals surface area contributed by atoms with Crippen molar-refractivity contribution in [3.05, 3.63) is 22.4 Å². The third kappa shape index (κ3) is 2.26. The maximum atomic E-state index is 5.85. The molecular formula is C10H12ClN3OS. The molecule has 86 valence electrons. The summed E-state index contributed by atoms with van der Waals surface area (Å²) in [5.41, 5.74) is 0. The Labute approximate surface area is 103 Å². The normalized spacial score (nSPS) is 12.9. The van der Waals surface area contributed by atoms with Crippen LogP contribution in [0, 0.1) is 0 Å². The summed E-state index contributed by atoms with van der Waals surface area (Å²) >= 11 is 7.28. The smallest absolute Gasteiger partial charge is 0.257 e. The number of aromatic nitrogens is 2. The van der Waals surface area contributed by atoms with E-state index in [1.807, 2.05) is 19.2 Å². The Morgan fingerprint density at radius 2 is 2.31 bits per heavy atom. The van der Waals surface area contributed by atoms with Gasteiger partial charge >= 0.3 is 0 Å². The van der Waals surface area contributed by atoms with Gasteiger partial charge < -0.3 is 9.73 Å². The van der Waals surface area contributed by atoms with Gasteiger partial charge in [0, 0.05) is 0 Å². The van der Waals surface area contributed by atoms with Crippen molar-refractivity contribution in [3.8, 4) is 10.8 Å². The molecule has 0 radical (unpaired) electrons. The Kier molecular flexibility index (Phi) is 3.58. The molecule has 16 heavy (non-hydrogen) atoms. The van der Waals surface area contributed by atoms with Gasteiger partial charge in [0.15, 0.2) is 0 Å². The predicted octanol–water partition coefficient (Wildman–Crippen LogP) is 3.12. The highest BCUT2D eigenvalue weighted by Crippen LogP contribution is 2.30. The minimum atomic E-state index is 0.108. The average molecular weight is 258 g/mol. The Bertz CT molecular complexity index is 464. The van der Waals surface area contributed by atoms with E-state index in [-0.39, 0.29) is 6.04 Å². The molecule has 0 amide bonds. The van der Waals surface area contributed by atoms with E-state index in [1.54, 1.807) is 0 Å². The summed E-state index contributed by atoms with van der Waals surface area (Å²) in [4.78, 5) is 0.898. The second kappa shape index (κ2) is 4.95. The summed E-state index contributed by atoms with van der Waals surface area (Å²) in [6.07, 6.45) is 0.906. The molecule has 0 aliphatic heterocycles. The number of rotatable bonds is 4. The lowest BCUT2D eigenvalue weighted by atomic mass is 10.2. The van der Waals surface area contributed by atoms with E-state index < -0.39 is 0 Å². The topological polar surface area (TPSA) is 51.0 Å². The van der Waals surface area contributed by atoms with E-state index in [0.29, 0.717) is 11.8 Å². The van der Waals surface area contributed by atoms with Gasteiger partial charge in [0.25, 0.3) is 5.89 Å². The number of halogens is 1. The summed E-state index contributed by atoms with van der Waals surface area (Å²) in [7, 11) is 1.88. The van der Waals surface area contributed by atoms with Crippen LogP contribution in [0.4, 0.5) is 0 Å². The molecule has 1 N–H and O–H groups in total. The van der Waals surface area contributed by atoms with E-state index in [9.17, 15) is 0 Å². The van der Waals surface area contributed by atoms with E-state index in [0.717, 1.165) is 15.6 Å². The summed E-state index contributed by atoms with van der Waals surface area (Å²) in [6.45, 7) is 2.06. The van der Waals surface area contributed by atoms with E-state index in [4.69, 9.17) is 16.0 Å². The molecule has 0 bridgehead atoms. The van der Waals surface area contributed by atoms with Gasteiger partial charge in [-0.05, 0) is 25.6 Å². The van der Waals surface area contributed by atoms with Gasteiger partial charge in [-0.2, -0.15) is 0 Å². The summed E-state index contributed by atoms with van der Waals surface area (Å²) in [5.74, 6) is 1.14. The molecule has 6 heteroatoms. The van der Waals surface area contributed by atoms with Gasteiger partial charge in [-0.25, -0.2) is 0 Å². The highest BCUT2D eigenvalue weighted by atomic mass is 35.5. The third-order valence-corrected chi connectivity index (χ3v) is 3.50.